The van der Waals surface area contributed by atoms with Crippen molar-refractivity contribution in [2.75, 3.05) is 0 Å². The number of halogens is 2. The summed E-state index contributed by atoms with van der Waals surface area (Å²) in [4.78, 5) is 0. The van der Waals surface area contributed by atoms with E-state index < -0.39 is 20.9 Å². The monoisotopic (exact) mass is 306 g/mol. The van der Waals surface area contributed by atoms with Crippen molar-refractivity contribution in [2.45, 2.75) is 5.25 Å². The average Bonchev–Trinajstić information content (AvgIpc) is 2.39. The van der Waals surface area contributed by atoms with Crippen LogP contribution in [0.4, 0.5) is 8.78 Å². The Hall–Kier alpha value is -0.790. The molecule has 0 aliphatic rings. The summed E-state index contributed by atoms with van der Waals surface area (Å²) < 4.78 is 58.7. The summed E-state index contributed by atoms with van der Waals surface area (Å²) in [6, 6.07) is 13.4. The first-order valence-electron chi connectivity index (χ1n) is 5.31. The zero-order valence-electron chi connectivity index (χ0n) is 10.6. The molecular formula is C13H9F2NaO3S. The zero-order valence-corrected chi connectivity index (χ0v) is 13.4. The number of benzene rings is 2. The Bertz CT molecular complexity index is 688. The Labute approximate surface area is 137 Å². The maximum absolute atomic E-state index is 13.5. The van der Waals surface area contributed by atoms with Crippen LogP contribution in [-0.2, 0) is 15.4 Å². The Kier molecular flexibility index (Phi) is 5.46. The quantitative estimate of drug-likeness (QED) is 0.590. The fourth-order valence-corrected chi connectivity index (χ4v) is 2.07. The van der Waals surface area contributed by atoms with Crippen molar-refractivity contribution in [1.82, 2.24) is 0 Å². The van der Waals surface area contributed by atoms with E-state index in [9.17, 15) is 21.8 Å². The maximum Gasteiger partial charge on any atom is 1.00 e. The van der Waals surface area contributed by atoms with Crippen LogP contribution in [0, 0.1) is 0 Å². The number of alkyl halides is 2. The van der Waals surface area contributed by atoms with Gasteiger partial charge in [-0.1, -0.05) is 48.5 Å². The van der Waals surface area contributed by atoms with E-state index in [1.807, 2.05) is 0 Å². The van der Waals surface area contributed by atoms with Crippen molar-refractivity contribution in [3.05, 3.63) is 60.2 Å². The van der Waals surface area contributed by atoms with E-state index in [0.717, 1.165) is 12.1 Å². The molecule has 0 saturated carbocycles. The Morgan fingerprint density at radius 3 is 2.00 bits per heavy atom. The molecule has 0 amide bonds. The van der Waals surface area contributed by atoms with E-state index in [1.54, 1.807) is 36.4 Å². The summed E-state index contributed by atoms with van der Waals surface area (Å²) in [6.45, 7) is 0. The van der Waals surface area contributed by atoms with Gasteiger partial charge in [-0.05, 0) is 17.2 Å². The minimum absolute atomic E-state index is 0. The van der Waals surface area contributed by atoms with Crippen molar-refractivity contribution in [1.29, 1.82) is 0 Å². The predicted molar refractivity (Wildman–Crippen MR) is 65.5 cm³/mol. The molecule has 0 aliphatic carbocycles. The molecule has 20 heavy (non-hydrogen) atoms. The van der Waals surface area contributed by atoms with Gasteiger partial charge in [0.1, 0.15) is 0 Å². The van der Waals surface area contributed by atoms with Gasteiger partial charge in [0.15, 0.2) is 10.1 Å². The van der Waals surface area contributed by atoms with Gasteiger partial charge in [-0.3, -0.25) is 0 Å². The SMILES string of the molecule is O=S(=O)([O-])C(F)(F)c1cccc(-c2ccccc2)c1.[Na+]. The third-order valence-electron chi connectivity index (χ3n) is 2.62. The van der Waals surface area contributed by atoms with E-state index >= 15 is 0 Å². The molecule has 0 aliphatic heterocycles. The van der Waals surface area contributed by atoms with Crippen molar-refractivity contribution < 1.29 is 51.3 Å². The molecule has 0 saturated heterocycles. The molecule has 0 spiro atoms. The van der Waals surface area contributed by atoms with Crippen LogP contribution in [0.5, 0.6) is 0 Å². The number of rotatable bonds is 3. The molecule has 7 heteroatoms. The van der Waals surface area contributed by atoms with Crippen molar-refractivity contribution in [3.63, 3.8) is 0 Å². The largest absolute Gasteiger partial charge is 1.00 e. The van der Waals surface area contributed by atoms with Crippen LogP contribution in [0.15, 0.2) is 54.6 Å². The van der Waals surface area contributed by atoms with Gasteiger partial charge < -0.3 is 4.55 Å². The summed E-state index contributed by atoms with van der Waals surface area (Å²) in [6.07, 6.45) is 0. The van der Waals surface area contributed by atoms with Gasteiger partial charge in [0.2, 0.25) is 0 Å². The van der Waals surface area contributed by atoms with Crippen molar-refractivity contribution in [2.24, 2.45) is 0 Å². The minimum Gasteiger partial charge on any atom is -0.743 e. The van der Waals surface area contributed by atoms with E-state index in [1.165, 1.54) is 6.07 Å². The van der Waals surface area contributed by atoms with E-state index in [-0.39, 0.29) is 29.6 Å². The van der Waals surface area contributed by atoms with Gasteiger partial charge in [-0.25, -0.2) is 8.42 Å². The Morgan fingerprint density at radius 1 is 0.900 bits per heavy atom. The molecule has 0 unspecified atom stereocenters. The molecule has 0 heterocycles. The molecule has 0 bridgehead atoms. The van der Waals surface area contributed by atoms with Gasteiger partial charge in [0.05, 0.1) is 0 Å². The second-order valence-corrected chi connectivity index (χ2v) is 5.34. The molecule has 100 valence electrons. The summed E-state index contributed by atoms with van der Waals surface area (Å²) in [7, 11) is -5.74. The fraction of sp³-hybridized carbons (Fsp3) is 0.0769. The van der Waals surface area contributed by atoms with Gasteiger partial charge in [-0.2, -0.15) is 8.78 Å². The fourth-order valence-electron chi connectivity index (χ4n) is 1.65. The van der Waals surface area contributed by atoms with Crippen LogP contribution in [0.25, 0.3) is 11.1 Å². The van der Waals surface area contributed by atoms with Crippen LogP contribution < -0.4 is 29.6 Å². The predicted octanol–water partition coefficient (Wildman–Crippen LogP) is -0.0479. The van der Waals surface area contributed by atoms with E-state index in [0.29, 0.717) is 11.1 Å². The van der Waals surface area contributed by atoms with Crippen molar-refractivity contribution >= 4 is 10.1 Å². The standard InChI is InChI=1S/C13H10F2O3S.Na/c14-13(15,19(16,17)18)12-8-4-7-11(9-12)10-5-2-1-3-6-10;/h1-9H,(H,16,17,18);/q;+1/p-1. The van der Waals surface area contributed by atoms with Gasteiger partial charge in [-0.15, -0.1) is 0 Å². The van der Waals surface area contributed by atoms with Gasteiger partial charge >= 0.3 is 34.8 Å². The van der Waals surface area contributed by atoms with Crippen LogP contribution >= 0.6 is 0 Å². The summed E-state index contributed by atoms with van der Waals surface area (Å²) in [5.74, 6) is 0. The third-order valence-corrected chi connectivity index (χ3v) is 3.48. The molecular weight excluding hydrogens is 297 g/mol. The Morgan fingerprint density at radius 2 is 1.45 bits per heavy atom. The van der Waals surface area contributed by atoms with Crippen LogP contribution in [0.2, 0.25) is 0 Å². The Balaban J connectivity index is 0.00000200. The normalized spacial score (nSPS) is 11.8. The maximum atomic E-state index is 13.5. The smallest absolute Gasteiger partial charge is 0.743 e. The number of hydrogen-bond donors (Lipinski definition) is 0. The molecule has 0 aromatic heterocycles. The average molecular weight is 306 g/mol. The number of hydrogen-bond acceptors (Lipinski definition) is 3. The molecule has 3 nitrogen and oxygen atoms in total. The first kappa shape index (κ1) is 17.3. The van der Waals surface area contributed by atoms with Crippen LogP contribution in [0.1, 0.15) is 5.56 Å². The van der Waals surface area contributed by atoms with Crippen LogP contribution in [-0.4, -0.2) is 13.0 Å². The van der Waals surface area contributed by atoms with Crippen LogP contribution in [0.3, 0.4) is 0 Å². The van der Waals surface area contributed by atoms with Crippen molar-refractivity contribution in [3.8, 4) is 11.1 Å². The molecule has 2 aromatic carbocycles. The summed E-state index contributed by atoms with van der Waals surface area (Å²) in [5, 5.41) is -4.43. The summed E-state index contributed by atoms with van der Waals surface area (Å²) >= 11 is 0. The first-order valence-corrected chi connectivity index (χ1v) is 6.72. The molecule has 2 rings (SSSR count). The molecule has 0 fully saturated rings. The second kappa shape index (κ2) is 6.32. The van der Waals surface area contributed by atoms with Gasteiger partial charge in [0.25, 0.3) is 0 Å². The molecule has 0 N–H and O–H groups in total. The van der Waals surface area contributed by atoms with E-state index in [4.69, 9.17) is 0 Å². The molecule has 0 radical (unpaired) electrons. The minimum atomic E-state index is -5.74. The molecule has 2 aromatic rings. The van der Waals surface area contributed by atoms with Gasteiger partial charge in [0, 0.05) is 5.56 Å². The zero-order chi connectivity index (χ0) is 14.1. The second-order valence-electron chi connectivity index (χ2n) is 3.92. The van der Waals surface area contributed by atoms with E-state index in [2.05, 4.69) is 0 Å². The molecule has 0 atom stereocenters. The third kappa shape index (κ3) is 3.45. The summed E-state index contributed by atoms with van der Waals surface area (Å²) in [5.41, 5.74) is 0.244. The first-order chi connectivity index (χ1) is 8.82. The topological polar surface area (TPSA) is 57.2 Å².